The summed E-state index contributed by atoms with van der Waals surface area (Å²) in [6, 6.07) is 17.3. The number of hydrogen-bond acceptors (Lipinski definition) is 8. The largest absolute Gasteiger partial charge is 0.464 e. The van der Waals surface area contributed by atoms with Crippen molar-refractivity contribution >= 4 is 21.8 Å². The van der Waals surface area contributed by atoms with Crippen LogP contribution in [0.4, 0.5) is 14.6 Å². The molecule has 0 saturated carbocycles. The number of halogens is 2. The lowest BCUT2D eigenvalue weighted by molar-refractivity contribution is -0.140. The van der Waals surface area contributed by atoms with E-state index in [1.807, 2.05) is 38.1 Å². The van der Waals surface area contributed by atoms with Gasteiger partial charge in [0, 0.05) is 19.7 Å². The summed E-state index contributed by atoms with van der Waals surface area (Å²) in [7, 11) is -3.98. The number of anilines is 1. The van der Waals surface area contributed by atoms with Gasteiger partial charge in [0.25, 0.3) is 10.0 Å². The van der Waals surface area contributed by atoms with Crippen LogP contribution in [0, 0.1) is 0 Å². The van der Waals surface area contributed by atoms with Gasteiger partial charge in [-0.25, -0.2) is 18.4 Å². The minimum Gasteiger partial charge on any atom is -0.464 e. The van der Waals surface area contributed by atoms with Crippen LogP contribution in [0.1, 0.15) is 44.0 Å². The standard InChI is InChI=1S/C28H34F2N4O5S/c1-21(35)38-18-16-31-25-8-6-7-24(33-25)20-34(40(36,37)26-9-4-5-15-32-26)19-22-10-12-23(13-11-22)28(2,3)14-17-39-27(29)30/h4-13,15,27H,14,16-20H2,1-3H3,(H,31,33). The van der Waals surface area contributed by atoms with Crippen LogP contribution in [-0.4, -0.2) is 55.0 Å². The van der Waals surface area contributed by atoms with Crippen molar-refractivity contribution < 1.29 is 31.5 Å². The molecule has 0 saturated heterocycles. The molecule has 1 N–H and O–H groups in total. The lowest BCUT2D eigenvalue weighted by Crippen LogP contribution is -2.31. The topological polar surface area (TPSA) is 111 Å². The maximum Gasteiger partial charge on any atom is 0.345 e. The van der Waals surface area contributed by atoms with E-state index in [1.54, 1.807) is 30.3 Å². The minimum atomic E-state index is -3.98. The molecule has 0 fully saturated rings. The van der Waals surface area contributed by atoms with Gasteiger partial charge in [-0.2, -0.15) is 13.1 Å². The van der Waals surface area contributed by atoms with E-state index in [2.05, 4.69) is 20.0 Å². The Balaban J connectivity index is 1.80. The summed E-state index contributed by atoms with van der Waals surface area (Å²) in [5, 5.41) is 2.97. The van der Waals surface area contributed by atoms with Gasteiger partial charge in [0.2, 0.25) is 0 Å². The molecule has 0 bridgehead atoms. The first-order chi connectivity index (χ1) is 19.0. The van der Waals surface area contributed by atoms with Crippen LogP contribution in [0.15, 0.2) is 71.9 Å². The maximum absolute atomic E-state index is 13.6. The monoisotopic (exact) mass is 576 g/mol. The number of hydrogen-bond donors (Lipinski definition) is 1. The van der Waals surface area contributed by atoms with Crippen LogP contribution in [-0.2, 0) is 42.8 Å². The van der Waals surface area contributed by atoms with E-state index in [0.717, 1.165) is 11.1 Å². The summed E-state index contributed by atoms with van der Waals surface area (Å²) in [6.45, 7) is 2.88. The Morgan fingerprint density at radius 2 is 1.77 bits per heavy atom. The zero-order valence-corrected chi connectivity index (χ0v) is 23.5. The van der Waals surface area contributed by atoms with Gasteiger partial charge in [0.15, 0.2) is 5.03 Å². The van der Waals surface area contributed by atoms with Crippen LogP contribution in [0.3, 0.4) is 0 Å². The number of aromatic nitrogens is 2. The highest BCUT2D eigenvalue weighted by Gasteiger charge is 2.27. The highest BCUT2D eigenvalue weighted by Crippen LogP contribution is 2.28. The quantitative estimate of drug-likeness (QED) is 0.204. The molecule has 0 amide bonds. The van der Waals surface area contributed by atoms with E-state index in [1.165, 1.54) is 23.5 Å². The van der Waals surface area contributed by atoms with Crippen LogP contribution in [0.2, 0.25) is 0 Å². The van der Waals surface area contributed by atoms with Crippen molar-refractivity contribution in [2.24, 2.45) is 0 Å². The number of alkyl halides is 2. The lowest BCUT2D eigenvalue weighted by Gasteiger charge is -2.26. The van der Waals surface area contributed by atoms with E-state index in [4.69, 9.17) is 4.74 Å². The zero-order valence-electron chi connectivity index (χ0n) is 22.7. The normalized spacial score (nSPS) is 12.1. The molecule has 2 heterocycles. The molecule has 0 aliphatic rings. The number of carbonyl (C=O) groups is 1. The third-order valence-electron chi connectivity index (χ3n) is 6.17. The highest BCUT2D eigenvalue weighted by molar-refractivity contribution is 7.89. The molecule has 40 heavy (non-hydrogen) atoms. The van der Waals surface area contributed by atoms with Crippen molar-refractivity contribution in [2.45, 2.75) is 57.3 Å². The number of ether oxygens (including phenoxy) is 2. The molecule has 0 aliphatic carbocycles. The fourth-order valence-corrected chi connectivity index (χ4v) is 5.22. The minimum absolute atomic E-state index is 0.0173. The summed E-state index contributed by atoms with van der Waals surface area (Å²) in [5.41, 5.74) is 1.75. The van der Waals surface area contributed by atoms with E-state index in [-0.39, 0.29) is 37.3 Å². The first-order valence-electron chi connectivity index (χ1n) is 12.7. The van der Waals surface area contributed by atoms with Crippen LogP contribution >= 0.6 is 0 Å². The Morgan fingerprint density at radius 1 is 1.02 bits per heavy atom. The first kappa shape index (κ1) is 31.1. The van der Waals surface area contributed by atoms with Crippen molar-refractivity contribution in [2.75, 3.05) is 25.1 Å². The number of rotatable bonds is 15. The third kappa shape index (κ3) is 9.32. The summed E-state index contributed by atoms with van der Waals surface area (Å²) >= 11 is 0. The molecule has 3 rings (SSSR count). The van der Waals surface area contributed by atoms with E-state index in [9.17, 15) is 22.0 Å². The summed E-state index contributed by atoms with van der Waals surface area (Å²) < 4.78 is 62.6. The number of benzene rings is 1. The summed E-state index contributed by atoms with van der Waals surface area (Å²) in [6.07, 6.45) is 1.82. The average Bonchev–Trinajstić information content (AvgIpc) is 2.91. The van der Waals surface area contributed by atoms with Gasteiger partial charge in [0.05, 0.1) is 25.4 Å². The number of carbonyl (C=O) groups excluding carboxylic acids is 1. The Hall–Kier alpha value is -3.48. The molecule has 0 aliphatic heterocycles. The molecule has 12 heteroatoms. The summed E-state index contributed by atoms with van der Waals surface area (Å²) in [4.78, 5) is 19.5. The second-order valence-electron chi connectivity index (χ2n) is 9.68. The molecule has 3 aromatic rings. The van der Waals surface area contributed by atoms with Gasteiger partial charge in [-0.05, 0) is 47.2 Å². The molecule has 0 radical (unpaired) electrons. The molecule has 2 aromatic heterocycles. The Bertz CT molecular complexity index is 1340. The van der Waals surface area contributed by atoms with Crippen LogP contribution in [0.5, 0.6) is 0 Å². The highest BCUT2D eigenvalue weighted by atomic mass is 32.2. The number of nitrogens with one attached hydrogen (secondary N) is 1. The van der Waals surface area contributed by atoms with Gasteiger partial charge in [-0.1, -0.05) is 50.2 Å². The van der Waals surface area contributed by atoms with Crippen molar-refractivity contribution in [3.8, 4) is 0 Å². The number of pyridine rings is 2. The van der Waals surface area contributed by atoms with Gasteiger partial charge in [-0.3, -0.25) is 4.79 Å². The van der Waals surface area contributed by atoms with Gasteiger partial charge in [0.1, 0.15) is 12.4 Å². The molecule has 9 nitrogen and oxygen atoms in total. The number of esters is 1. The maximum atomic E-state index is 13.6. The molecule has 0 unspecified atom stereocenters. The average molecular weight is 577 g/mol. The predicted octanol–water partition coefficient (Wildman–Crippen LogP) is 4.75. The van der Waals surface area contributed by atoms with Gasteiger partial charge in [-0.15, -0.1) is 0 Å². The second kappa shape index (κ2) is 14.2. The first-order valence-corrected chi connectivity index (χ1v) is 14.1. The molecule has 1 aromatic carbocycles. The Kier molecular flexibility index (Phi) is 11.1. The Morgan fingerprint density at radius 3 is 2.42 bits per heavy atom. The molecule has 216 valence electrons. The van der Waals surface area contributed by atoms with Crippen molar-refractivity contribution in [3.05, 3.63) is 83.7 Å². The zero-order chi connectivity index (χ0) is 29.2. The van der Waals surface area contributed by atoms with Crippen molar-refractivity contribution in [1.82, 2.24) is 14.3 Å². The van der Waals surface area contributed by atoms with Gasteiger partial charge < -0.3 is 14.8 Å². The van der Waals surface area contributed by atoms with E-state index >= 15 is 0 Å². The van der Waals surface area contributed by atoms with E-state index in [0.29, 0.717) is 24.5 Å². The predicted molar refractivity (Wildman–Crippen MR) is 146 cm³/mol. The SMILES string of the molecule is CC(=O)OCCNc1cccc(CN(Cc2ccc(C(C)(C)CCOC(F)F)cc2)S(=O)(=O)c2ccccn2)n1. The van der Waals surface area contributed by atoms with Crippen LogP contribution < -0.4 is 5.32 Å². The Labute approximate surface area is 233 Å². The second-order valence-corrected chi connectivity index (χ2v) is 11.6. The number of nitrogens with zero attached hydrogens (tertiary/aromatic N) is 3. The fraction of sp³-hybridized carbons (Fsp3) is 0.393. The number of sulfonamides is 1. The molecular weight excluding hydrogens is 542 g/mol. The molecule has 0 atom stereocenters. The van der Waals surface area contributed by atoms with E-state index < -0.39 is 22.0 Å². The molecular formula is C28H34F2N4O5S. The van der Waals surface area contributed by atoms with Crippen molar-refractivity contribution in [1.29, 1.82) is 0 Å². The summed E-state index contributed by atoms with van der Waals surface area (Å²) in [5.74, 6) is 0.137. The van der Waals surface area contributed by atoms with Gasteiger partial charge >= 0.3 is 12.6 Å². The van der Waals surface area contributed by atoms with Crippen molar-refractivity contribution in [3.63, 3.8) is 0 Å². The third-order valence-corrected chi connectivity index (χ3v) is 7.87. The fourth-order valence-electron chi connectivity index (χ4n) is 3.89. The van der Waals surface area contributed by atoms with Crippen LogP contribution in [0.25, 0.3) is 0 Å². The smallest absolute Gasteiger partial charge is 0.345 e. The lowest BCUT2D eigenvalue weighted by atomic mass is 9.81. The molecule has 0 spiro atoms.